The Hall–Kier alpha value is -0.680. The molecule has 1 aliphatic rings. The van der Waals surface area contributed by atoms with E-state index in [9.17, 15) is 4.39 Å². The van der Waals surface area contributed by atoms with Crippen LogP contribution in [-0.2, 0) is 0 Å². The lowest BCUT2D eigenvalue weighted by molar-refractivity contribution is 0.146. The summed E-state index contributed by atoms with van der Waals surface area (Å²) in [6, 6.07) is 5.11. The van der Waals surface area contributed by atoms with Gasteiger partial charge in [0.25, 0.3) is 0 Å². The zero-order valence-electron chi connectivity index (χ0n) is 12.1. The minimum Gasteiger partial charge on any atom is -0.329 e. The molecule has 1 saturated heterocycles. The average Bonchev–Trinajstić information content (AvgIpc) is 2.51. The van der Waals surface area contributed by atoms with Crippen LogP contribution >= 0.6 is 11.6 Å². The molecule has 1 aromatic rings. The molecule has 0 amide bonds. The highest BCUT2D eigenvalue weighted by molar-refractivity contribution is 6.30. The molecule has 2 rings (SSSR count). The Kier molecular flexibility index (Phi) is 5.38. The number of hydrogen-bond acceptors (Lipinski definition) is 3. The van der Waals surface area contributed by atoms with Crippen molar-refractivity contribution >= 4 is 11.6 Å². The fraction of sp³-hybridized carbons (Fsp3) is 0.600. The number of rotatable bonds is 3. The van der Waals surface area contributed by atoms with Crippen molar-refractivity contribution in [3.05, 3.63) is 34.6 Å². The maximum atomic E-state index is 13.6. The second-order valence-corrected chi connectivity index (χ2v) is 6.09. The van der Waals surface area contributed by atoms with E-state index in [4.69, 9.17) is 17.3 Å². The molecule has 20 heavy (non-hydrogen) atoms. The Labute approximate surface area is 125 Å². The van der Waals surface area contributed by atoms with Crippen LogP contribution in [0.15, 0.2) is 18.2 Å². The number of halogens is 2. The zero-order chi connectivity index (χ0) is 14.7. The number of nitrogens with zero attached hydrogens (tertiary/aromatic N) is 2. The summed E-state index contributed by atoms with van der Waals surface area (Å²) in [5, 5.41) is 0.429. The van der Waals surface area contributed by atoms with Crippen molar-refractivity contribution in [1.29, 1.82) is 0 Å². The van der Waals surface area contributed by atoms with Crippen LogP contribution in [0.4, 0.5) is 4.39 Å². The van der Waals surface area contributed by atoms with E-state index >= 15 is 0 Å². The van der Waals surface area contributed by atoms with Gasteiger partial charge >= 0.3 is 0 Å². The van der Waals surface area contributed by atoms with Gasteiger partial charge in [-0.25, -0.2) is 4.39 Å². The van der Waals surface area contributed by atoms with Crippen LogP contribution in [-0.4, -0.2) is 49.1 Å². The van der Waals surface area contributed by atoms with Gasteiger partial charge in [-0.3, -0.25) is 4.90 Å². The molecule has 0 saturated carbocycles. The van der Waals surface area contributed by atoms with E-state index < -0.39 is 0 Å². The van der Waals surface area contributed by atoms with Gasteiger partial charge in [0.05, 0.1) is 0 Å². The maximum absolute atomic E-state index is 13.6. The van der Waals surface area contributed by atoms with Crippen molar-refractivity contribution in [1.82, 2.24) is 9.80 Å². The van der Waals surface area contributed by atoms with Gasteiger partial charge < -0.3 is 10.6 Å². The summed E-state index contributed by atoms with van der Waals surface area (Å²) in [6.45, 7) is 5.72. The highest BCUT2D eigenvalue weighted by Gasteiger charge is 2.27. The molecule has 0 bridgehead atoms. The van der Waals surface area contributed by atoms with Crippen molar-refractivity contribution < 1.29 is 4.39 Å². The quantitative estimate of drug-likeness (QED) is 0.931. The van der Waals surface area contributed by atoms with E-state index in [1.165, 1.54) is 6.07 Å². The van der Waals surface area contributed by atoms with Gasteiger partial charge in [0, 0.05) is 36.7 Å². The molecule has 2 unspecified atom stereocenters. The fourth-order valence-corrected chi connectivity index (χ4v) is 3.31. The first-order chi connectivity index (χ1) is 9.51. The minimum absolute atomic E-state index is 0.0182. The standard InChI is InChI=1S/C15H23ClFN3/c1-11-10-19(2)4-3-5-20(11)15(9-18)12-6-13(16)8-14(17)7-12/h6-8,11,15H,3-5,9-10,18H2,1-2H3. The third kappa shape index (κ3) is 3.70. The molecular weight excluding hydrogens is 277 g/mol. The Balaban J connectivity index is 2.26. The summed E-state index contributed by atoms with van der Waals surface area (Å²) in [7, 11) is 2.14. The molecule has 1 heterocycles. The summed E-state index contributed by atoms with van der Waals surface area (Å²) in [5.74, 6) is -0.300. The Morgan fingerprint density at radius 2 is 2.15 bits per heavy atom. The van der Waals surface area contributed by atoms with Gasteiger partial charge in [0.15, 0.2) is 0 Å². The van der Waals surface area contributed by atoms with Gasteiger partial charge in [-0.2, -0.15) is 0 Å². The summed E-state index contributed by atoms with van der Waals surface area (Å²) >= 11 is 5.97. The molecule has 2 N–H and O–H groups in total. The molecule has 2 atom stereocenters. The third-order valence-electron chi connectivity index (χ3n) is 3.99. The molecule has 1 aliphatic heterocycles. The van der Waals surface area contributed by atoms with E-state index in [1.54, 1.807) is 6.07 Å². The summed E-state index contributed by atoms with van der Waals surface area (Å²) < 4.78 is 13.6. The highest BCUT2D eigenvalue weighted by Crippen LogP contribution is 2.27. The molecule has 5 heteroatoms. The van der Waals surface area contributed by atoms with Gasteiger partial charge in [-0.1, -0.05) is 11.6 Å². The van der Waals surface area contributed by atoms with Crippen LogP contribution in [0.5, 0.6) is 0 Å². The Morgan fingerprint density at radius 3 is 2.80 bits per heavy atom. The Morgan fingerprint density at radius 1 is 1.40 bits per heavy atom. The first kappa shape index (κ1) is 15.7. The smallest absolute Gasteiger partial charge is 0.125 e. The molecule has 0 aliphatic carbocycles. The van der Waals surface area contributed by atoms with E-state index in [0.29, 0.717) is 17.6 Å². The second-order valence-electron chi connectivity index (χ2n) is 5.66. The number of benzene rings is 1. The lowest BCUT2D eigenvalue weighted by Crippen LogP contribution is -2.43. The van der Waals surface area contributed by atoms with Gasteiger partial charge in [0.1, 0.15) is 5.82 Å². The first-order valence-corrected chi connectivity index (χ1v) is 7.49. The molecule has 3 nitrogen and oxygen atoms in total. The predicted octanol–water partition coefficient (Wildman–Crippen LogP) is 2.50. The van der Waals surface area contributed by atoms with Crippen molar-refractivity contribution in [2.75, 3.05) is 33.2 Å². The summed E-state index contributed by atoms with van der Waals surface area (Å²) in [5.41, 5.74) is 6.83. The van der Waals surface area contributed by atoms with Crippen LogP contribution in [0.2, 0.25) is 5.02 Å². The van der Waals surface area contributed by atoms with Crippen LogP contribution in [0.1, 0.15) is 24.9 Å². The Bertz CT molecular complexity index is 434. The number of hydrogen-bond donors (Lipinski definition) is 1. The first-order valence-electron chi connectivity index (χ1n) is 7.11. The molecule has 0 spiro atoms. The van der Waals surface area contributed by atoms with Gasteiger partial charge in [-0.05, 0) is 50.7 Å². The van der Waals surface area contributed by atoms with Crippen LogP contribution in [0, 0.1) is 5.82 Å². The largest absolute Gasteiger partial charge is 0.329 e. The van der Waals surface area contributed by atoms with Crippen molar-refractivity contribution in [2.24, 2.45) is 5.73 Å². The molecule has 0 radical (unpaired) electrons. The van der Waals surface area contributed by atoms with E-state index in [2.05, 4.69) is 23.8 Å². The van der Waals surface area contributed by atoms with Crippen molar-refractivity contribution in [2.45, 2.75) is 25.4 Å². The SMILES string of the molecule is CC1CN(C)CCCN1C(CN)c1cc(F)cc(Cl)c1. The van der Waals surface area contributed by atoms with Gasteiger partial charge in [0.2, 0.25) is 0 Å². The van der Waals surface area contributed by atoms with Crippen molar-refractivity contribution in [3.63, 3.8) is 0 Å². The number of nitrogens with two attached hydrogens (primary N) is 1. The average molecular weight is 300 g/mol. The zero-order valence-corrected chi connectivity index (χ0v) is 12.9. The third-order valence-corrected chi connectivity index (χ3v) is 4.21. The molecule has 112 valence electrons. The molecule has 0 aromatic heterocycles. The van der Waals surface area contributed by atoms with Crippen LogP contribution in [0.25, 0.3) is 0 Å². The van der Waals surface area contributed by atoms with Gasteiger partial charge in [-0.15, -0.1) is 0 Å². The topological polar surface area (TPSA) is 32.5 Å². The van der Waals surface area contributed by atoms with E-state index in [0.717, 1.165) is 31.6 Å². The summed E-state index contributed by atoms with van der Waals surface area (Å²) in [4.78, 5) is 4.70. The lowest BCUT2D eigenvalue weighted by Gasteiger charge is -2.35. The van der Waals surface area contributed by atoms with E-state index in [1.807, 2.05) is 6.07 Å². The monoisotopic (exact) mass is 299 g/mol. The molecule has 1 aromatic carbocycles. The number of likely N-dealkylation sites (N-methyl/N-ethyl adjacent to an activating group) is 1. The predicted molar refractivity (Wildman–Crippen MR) is 81.5 cm³/mol. The maximum Gasteiger partial charge on any atom is 0.125 e. The normalized spacial score (nSPS) is 23.6. The highest BCUT2D eigenvalue weighted by atomic mass is 35.5. The molecular formula is C15H23ClFN3. The summed E-state index contributed by atoms with van der Waals surface area (Å²) in [6.07, 6.45) is 1.10. The lowest BCUT2D eigenvalue weighted by atomic mass is 10.0. The molecule has 1 fully saturated rings. The van der Waals surface area contributed by atoms with Crippen LogP contribution in [0.3, 0.4) is 0 Å². The fourth-order valence-electron chi connectivity index (χ4n) is 3.08. The minimum atomic E-state index is -0.300. The van der Waals surface area contributed by atoms with Crippen molar-refractivity contribution in [3.8, 4) is 0 Å². The van der Waals surface area contributed by atoms with Crippen LogP contribution < -0.4 is 5.73 Å². The second kappa shape index (κ2) is 6.85. The van der Waals surface area contributed by atoms with E-state index in [-0.39, 0.29) is 11.9 Å².